The van der Waals surface area contributed by atoms with E-state index in [1.807, 2.05) is 79.7 Å². The minimum absolute atomic E-state index is 0.0150. The number of carbonyl (C=O) groups is 2. The van der Waals surface area contributed by atoms with Gasteiger partial charge in [0.15, 0.2) is 10.8 Å². The van der Waals surface area contributed by atoms with E-state index in [1.165, 1.54) is 11.0 Å². The maximum Gasteiger partial charge on any atom is 0.322 e. The van der Waals surface area contributed by atoms with Crippen molar-refractivity contribution in [2.45, 2.75) is 50.6 Å². The van der Waals surface area contributed by atoms with Gasteiger partial charge in [0.05, 0.1) is 16.6 Å². The fraction of sp³-hybridized carbons (Fsp3) is 0.189. The number of nitrogens with one attached hydrogen (secondary N) is 3. The molecular weight excluding hydrogens is 596 g/mol. The van der Waals surface area contributed by atoms with Crippen molar-refractivity contribution in [2.75, 3.05) is 4.90 Å². The lowest BCUT2D eigenvalue weighted by Gasteiger charge is -2.34. The number of unbranched alkanes of at least 4 members (excludes halogenated alkanes) is 1. The van der Waals surface area contributed by atoms with E-state index in [9.17, 15) is 18.7 Å². The summed E-state index contributed by atoms with van der Waals surface area (Å²) in [7, 11) is -3.88. The molecule has 0 unspecified atom stereocenters. The van der Waals surface area contributed by atoms with Crippen LogP contribution in [0.1, 0.15) is 49.0 Å². The number of urea groups is 1. The minimum Gasteiger partial charge on any atom is -0.334 e. The first-order valence-electron chi connectivity index (χ1n) is 15.2. The molecule has 0 aromatic heterocycles. The highest BCUT2D eigenvalue weighted by molar-refractivity contribution is 8.38. The zero-order chi connectivity index (χ0) is 32.8. The lowest BCUT2D eigenvalue weighted by molar-refractivity contribution is 0.0966. The third-order valence-corrected chi connectivity index (χ3v) is 9.76. The van der Waals surface area contributed by atoms with Crippen molar-refractivity contribution < 1.29 is 18.7 Å². The third-order valence-electron chi connectivity index (χ3n) is 8.05. The SMILES string of the molecule is CCCCC(=N)C(=N)S(O)(O)c1cc(C(=O)[C@H](C)N(C(=O)NCc2ccccc2)c2ccc3ccccc3c2)c2ccccc2c1. The van der Waals surface area contributed by atoms with Crippen LogP contribution in [-0.2, 0) is 6.54 Å². The Morgan fingerprint density at radius 2 is 1.48 bits per heavy atom. The quantitative estimate of drug-likeness (QED) is 0.0561. The van der Waals surface area contributed by atoms with Gasteiger partial charge in [-0.2, -0.15) is 0 Å². The second-order valence-electron chi connectivity index (χ2n) is 11.2. The van der Waals surface area contributed by atoms with Gasteiger partial charge in [-0.25, -0.2) is 4.79 Å². The fourth-order valence-corrected chi connectivity index (χ4v) is 6.71. The van der Waals surface area contributed by atoms with E-state index in [4.69, 9.17) is 10.8 Å². The number of benzene rings is 5. The van der Waals surface area contributed by atoms with E-state index in [0.717, 1.165) is 22.8 Å². The number of anilines is 1. The molecule has 0 saturated heterocycles. The zero-order valence-corrected chi connectivity index (χ0v) is 26.7. The topological polar surface area (TPSA) is 138 Å². The van der Waals surface area contributed by atoms with Crippen molar-refractivity contribution in [1.29, 1.82) is 10.8 Å². The van der Waals surface area contributed by atoms with Gasteiger partial charge in [-0.3, -0.25) is 24.2 Å². The summed E-state index contributed by atoms with van der Waals surface area (Å²) in [6, 6.07) is 31.4. The van der Waals surface area contributed by atoms with Gasteiger partial charge in [0.1, 0.15) is 0 Å². The van der Waals surface area contributed by atoms with Crippen LogP contribution in [0, 0.1) is 10.8 Å². The molecule has 0 spiro atoms. The Kier molecular flexibility index (Phi) is 9.96. The maximum atomic E-state index is 14.5. The van der Waals surface area contributed by atoms with E-state index in [2.05, 4.69) is 5.32 Å². The summed E-state index contributed by atoms with van der Waals surface area (Å²) in [6.07, 6.45) is 1.70. The van der Waals surface area contributed by atoms with E-state index >= 15 is 0 Å². The number of rotatable bonds is 11. The van der Waals surface area contributed by atoms with Gasteiger partial charge in [0.25, 0.3) is 0 Å². The number of ketones is 1. The lowest BCUT2D eigenvalue weighted by atomic mass is 9.97. The van der Waals surface area contributed by atoms with Crippen LogP contribution in [0.15, 0.2) is 114 Å². The van der Waals surface area contributed by atoms with Gasteiger partial charge in [0.2, 0.25) is 0 Å². The highest BCUT2D eigenvalue weighted by atomic mass is 32.3. The number of hydrogen-bond donors (Lipinski definition) is 5. The standard InChI is InChI=1S/C37H38N4O4S/c1-3-4-18-34(38)36(39)46(44,45)31-22-29-16-10-11-17-32(29)33(23-31)35(42)25(2)41(37(43)40-24-26-12-6-5-7-13-26)30-20-19-27-14-8-9-15-28(27)21-30/h5-17,19-23,25,38-39,44-45H,3-4,18,24H2,1-2H3,(H,40,43)/t25-/m0/s1. The first-order valence-corrected chi connectivity index (χ1v) is 16.8. The Hall–Kier alpha value is -4.83. The molecule has 0 radical (unpaired) electrons. The average Bonchev–Trinajstić information content (AvgIpc) is 3.08. The number of carbonyl (C=O) groups excluding carboxylic acids is 2. The molecule has 46 heavy (non-hydrogen) atoms. The number of Topliss-reactive ketones (excluding diaryl/α,β-unsaturated/α-hetero) is 1. The van der Waals surface area contributed by atoms with Gasteiger partial charge in [0, 0.05) is 17.8 Å². The van der Waals surface area contributed by atoms with E-state index in [1.54, 1.807) is 37.3 Å². The Labute approximate surface area is 270 Å². The van der Waals surface area contributed by atoms with Gasteiger partial charge >= 0.3 is 6.03 Å². The molecule has 9 heteroatoms. The number of amides is 2. The van der Waals surface area contributed by atoms with Crippen molar-refractivity contribution in [3.05, 3.63) is 120 Å². The normalized spacial score (nSPS) is 12.4. The van der Waals surface area contributed by atoms with Crippen molar-refractivity contribution in [2.24, 2.45) is 0 Å². The molecule has 0 saturated carbocycles. The third kappa shape index (κ3) is 6.87. The van der Waals surface area contributed by atoms with Crippen LogP contribution in [0.5, 0.6) is 0 Å². The number of hydrogen-bond acceptors (Lipinski definition) is 6. The molecular formula is C37H38N4O4S. The van der Waals surface area contributed by atoms with Gasteiger partial charge in [-0.1, -0.05) is 98.3 Å². The maximum absolute atomic E-state index is 14.5. The van der Waals surface area contributed by atoms with Crippen LogP contribution in [0.2, 0.25) is 0 Å². The second kappa shape index (κ2) is 14.1. The van der Waals surface area contributed by atoms with Crippen LogP contribution in [0.3, 0.4) is 0 Å². The van der Waals surface area contributed by atoms with Crippen LogP contribution in [0.25, 0.3) is 21.5 Å². The van der Waals surface area contributed by atoms with Crippen molar-refractivity contribution >= 4 is 60.4 Å². The Morgan fingerprint density at radius 3 is 2.20 bits per heavy atom. The molecule has 5 rings (SSSR count). The van der Waals surface area contributed by atoms with Gasteiger partial charge < -0.3 is 10.7 Å². The van der Waals surface area contributed by atoms with Gasteiger partial charge in [-0.05, 0) is 71.1 Å². The first-order chi connectivity index (χ1) is 22.1. The minimum atomic E-state index is -3.88. The molecule has 5 aromatic rings. The smallest absolute Gasteiger partial charge is 0.322 e. The van der Waals surface area contributed by atoms with Gasteiger partial charge in [-0.15, -0.1) is 10.6 Å². The summed E-state index contributed by atoms with van der Waals surface area (Å²) in [5.41, 5.74) is 1.48. The molecule has 0 fully saturated rings. The van der Waals surface area contributed by atoms with Crippen LogP contribution < -0.4 is 10.2 Å². The highest BCUT2D eigenvalue weighted by Gasteiger charge is 2.32. The average molecular weight is 635 g/mol. The molecule has 0 aliphatic rings. The van der Waals surface area contributed by atoms with E-state index in [-0.39, 0.29) is 29.1 Å². The predicted molar refractivity (Wildman–Crippen MR) is 189 cm³/mol. The largest absolute Gasteiger partial charge is 0.334 e. The Bertz CT molecular complexity index is 1930. The second-order valence-corrected chi connectivity index (χ2v) is 13.2. The molecule has 0 heterocycles. The van der Waals surface area contributed by atoms with Crippen molar-refractivity contribution in [3.63, 3.8) is 0 Å². The molecule has 1 atom stereocenters. The zero-order valence-electron chi connectivity index (χ0n) is 25.9. The predicted octanol–water partition coefficient (Wildman–Crippen LogP) is 9.28. The summed E-state index contributed by atoms with van der Waals surface area (Å²) in [5, 5.41) is 22.2. The van der Waals surface area contributed by atoms with E-state index < -0.39 is 33.5 Å². The first kappa shape index (κ1) is 32.6. The summed E-state index contributed by atoms with van der Waals surface area (Å²) in [5.74, 6) is -0.413. The van der Waals surface area contributed by atoms with E-state index in [0.29, 0.717) is 22.9 Å². The summed E-state index contributed by atoms with van der Waals surface area (Å²) in [6.45, 7) is 3.87. The molecule has 2 amide bonds. The van der Waals surface area contributed by atoms with Crippen molar-refractivity contribution in [3.8, 4) is 0 Å². The van der Waals surface area contributed by atoms with Crippen molar-refractivity contribution in [1.82, 2.24) is 5.32 Å². The fourth-order valence-electron chi connectivity index (χ4n) is 5.45. The Morgan fingerprint density at radius 1 is 0.826 bits per heavy atom. The molecule has 5 N–H and O–H groups in total. The molecule has 5 aromatic carbocycles. The van der Waals surface area contributed by atoms with Crippen LogP contribution in [0.4, 0.5) is 10.5 Å². The Balaban J connectivity index is 1.56. The molecule has 236 valence electrons. The summed E-state index contributed by atoms with van der Waals surface area (Å²) >= 11 is 0. The summed E-state index contributed by atoms with van der Waals surface area (Å²) < 4.78 is 22.5. The lowest BCUT2D eigenvalue weighted by Crippen LogP contribution is -2.48. The number of fused-ring (bicyclic) bond motifs is 2. The number of nitrogens with zero attached hydrogens (tertiary/aromatic N) is 1. The summed E-state index contributed by atoms with van der Waals surface area (Å²) in [4.78, 5) is 29.8. The molecule has 0 aliphatic carbocycles. The van der Waals surface area contributed by atoms with Crippen LogP contribution >= 0.6 is 10.6 Å². The molecule has 8 nitrogen and oxygen atoms in total. The van der Waals surface area contributed by atoms with Crippen LogP contribution in [-0.4, -0.2) is 37.7 Å². The monoisotopic (exact) mass is 634 g/mol. The highest BCUT2D eigenvalue weighted by Crippen LogP contribution is 2.51. The molecule has 0 bridgehead atoms. The molecule has 0 aliphatic heterocycles.